The average Bonchev–Trinajstić information content (AvgIpc) is 2.26. The first-order valence-corrected chi connectivity index (χ1v) is 10.1. The van der Waals surface area contributed by atoms with Crippen LogP contribution in [0.2, 0.25) is 19.6 Å². The first-order valence-electron chi connectivity index (χ1n) is 6.63. The van der Waals surface area contributed by atoms with E-state index >= 15 is 0 Å². The summed E-state index contributed by atoms with van der Waals surface area (Å²) in [5.74, 6) is 0.651. The minimum Gasteiger partial charge on any atom is -0.402 e. The third-order valence-electron chi connectivity index (χ3n) is 3.06. The number of carbonyl (C=O) groups is 1. The number of allylic oxidation sites excluding steroid dienone is 1. The van der Waals surface area contributed by atoms with E-state index in [1.807, 2.05) is 13.0 Å². The predicted octanol–water partition coefficient (Wildman–Crippen LogP) is 1.71. The van der Waals surface area contributed by atoms with Crippen molar-refractivity contribution in [2.45, 2.75) is 33.5 Å². The van der Waals surface area contributed by atoms with Crippen LogP contribution in [0.15, 0.2) is 39.9 Å². The number of hydrogen-bond donors (Lipinski definition) is 2. The topological polar surface area (TPSA) is 84.7 Å². The van der Waals surface area contributed by atoms with Crippen LogP contribution < -0.4 is 11.5 Å². The zero-order valence-electron chi connectivity index (χ0n) is 12.9. The highest BCUT2D eigenvalue weighted by atomic mass is 28.3. The molecule has 0 aromatic carbocycles. The number of hydrogen-bond acceptors (Lipinski definition) is 4. The van der Waals surface area contributed by atoms with Gasteiger partial charge in [0.25, 0.3) is 5.91 Å². The van der Waals surface area contributed by atoms with Crippen LogP contribution in [0.25, 0.3) is 0 Å². The Bertz CT molecular complexity index is 534. The zero-order chi connectivity index (χ0) is 15.7. The summed E-state index contributed by atoms with van der Waals surface area (Å²) in [4.78, 5) is 18.5. The quantitative estimate of drug-likeness (QED) is 0.777. The normalized spacial score (nSPS) is 21.1. The highest BCUT2D eigenvalue weighted by Crippen LogP contribution is 2.27. The van der Waals surface area contributed by atoms with E-state index in [1.54, 1.807) is 11.8 Å². The molecule has 0 radical (unpaired) electrons. The molecule has 0 atom stereocenters. The highest BCUT2D eigenvalue weighted by Gasteiger charge is 2.36. The van der Waals surface area contributed by atoms with Crippen LogP contribution >= 0.6 is 0 Å². The lowest BCUT2D eigenvalue weighted by Gasteiger charge is -2.33. The SMILES string of the molecule is C=C(N)/N=C1\C(=C(\C)N)C=C([Si](C)(C)C)C(=O)N1CC. The lowest BCUT2D eigenvalue weighted by molar-refractivity contribution is -0.122. The van der Waals surface area contributed by atoms with Crippen molar-refractivity contribution in [3.8, 4) is 0 Å². The fourth-order valence-corrected chi connectivity index (χ4v) is 3.39. The van der Waals surface area contributed by atoms with Crippen molar-refractivity contribution >= 4 is 19.8 Å². The first-order chi connectivity index (χ1) is 9.09. The number of carbonyl (C=O) groups excluding carboxylic acids is 1. The Balaban J connectivity index is 3.59. The maximum Gasteiger partial charge on any atom is 0.251 e. The maximum absolute atomic E-state index is 12.6. The number of nitrogens with two attached hydrogens (primary N) is 2. The molecule has 0 spiro atoms. The molecule has 4 N–H and O–H groups in total. The minimum atomic E-state index is -1.76. The molecule has 1 heterocycles. The molecule has 0 aromatic rings. The highest BCUT2D eigenvalue weighted by molar-refractivity contribution is 6.87. The molecule has 0 aromatic heterocycles. The summed E-state index contributed by atoms with van der Waals surface area (Å²) in [5.41, 5.74) is 12.9. The lowest BCUT2D eigenvalue weighted by Crippen LogP contribution is -2.47. The number of amidine groups is 1. The molecular formula is C14H24N4OSi. The van der Waals surface area contributed by atoms with Crippen molar-refractivity contribution in [1.82, 2.24) is 4.90 Å². The maximum atomic E-state index is 12.6. The number of likely N-dealkylation sites (N-methyl/N-ethyl adjacent to an activating group) is 1. The molecule has 110 valence electrons. The van der Waals surface area contributed by atoms with Crippen LogP contribution in [-0.4, -0.2) is 31.3 Å². The van der Waals surface area contributed by atoms with Crippen LogP contribution in [-0.2, 0) is 4.79 Å². The van der Waals surface area contributed by atoms with E-state index in [1.165, 1.54) is 0 Å². The van der Waals surface area contributed by atoms with E-state index < -0.39 is 8.07 Å². The van der Waals surface area contributed by atoms with Crippen LogP contribution in [0.1, 0.15) is 13.8 Å². The summed E-state index contributed by atoms with van der Waals surface area (Å²) in [6.45, 7) is 14.2. The van der Waals surface area contributed by atoms with E-state index in [0.29, 0.717) is 18.1 Å². The molecule has 5 nitrogen and oxygen atoms in total. The summed E-state index contributed by atoms with van der Waals surface area (Å²) in [7, 11) is -1.76. The van der Waals surface area contributed by atoms with Crippen molar-refractivity contribution in [3.05, 3.63) is 34.9 Å². The summed E-state index contributed by atoms with van der Waals surface area (Å²) in [6, 6.07) is 0. The van der Waals surface area contributed by atoms with E-state index in [9.17, 15) is 4.79 Å². The number of rotatable bonds is 3. The molecule has 0 saturated carbocycles. The van der Waals surface area contributed by atoms with E-state index in [0.717, 1.165) is 10.8 Å². The van der Waals surface area contributed by atoms with E-state index in [4.69, 9.17) is 11.5 Å². The summed E-state index contributed by atoms with van der Waals surface area (Å²) < 4.78 is 0. The third-order valence-corrected chi connectivity index (χ3v) is 5.03. The van der Waals surface area contributed by atoms with Gasteiger partial charge >= 0.3 is 0 Å². The van der Waals surface area contributed by atoms with Gasteiger partial charge in [-0.05, 0) is 19.9 Å². The van der Waals surface area contributed by atoms with Gasteiger partial charge in [-0.2, -0.15) is 0 Å². The van der Waals surface area contributed by atoms with Gasteiger partial charge in [0.2, 0.25) is 0 Å². The van der Waals surface area contributed by atoms with Gasteiger partial charge in [0.15, 0.2) is 0 Å². The molecular weight excluding hydrogens is 268 g/mol. The second kappa shape index (κ2) is 5.66. The monoisotopic (exact) mass is 292 g/mol. The van der Waals surface area contributed by atoms with Gasteiger partial charge in [-0.15, -0.1) is 0 Å². The van der Waals surface area contributed by atoms with E-state index in [2.05, 4.69) is 31.2 Å². The molecule has 1 aliphatic rings. The Labute approximate surface area is 121 Å². The summed E-state index contributed by atoms with van der Waals surface area (Å²) in [6.07, 6.45) is 1.87. The second-order valence-corrected chi connectivity index (χ2v) is 10.9. The summed E-state index contributed by atoms with van der Waals surface area (Å²) >= 11 is 0. The molecule has 1 aliphatic heterocycles. The van der Waals surface area contributed by atoms with Gasteiger partial charge in [0.05, 0.1) is 8.07 Å². The molecule has 0 aliphatic carbocycles. The molecule has 1 rings (SSSR count). The molecule has 0 saturated heterocycles. The van der Waals surface area contributed by atoms with Crippen molar-refractivity contribution in [2.24, 2.45) is 16.5 Å². The molecule has 20 heavy (non-hydrogen) atoms. The Hall–Kier alpha value is -1.82. The van der Waals surface area contributed by atoms with Gasteiger partial charge in [-0.3, -0.25) is 9.69 Å². The van der Waals surface area contributed by atoms with Gasteiger partial charge < -0.3 is 11.5 Å². The van der Waals surface area contributed by atoms with Gasteiger partial charge in [0, 0.05) is 23.0 Å². The Kier molecular flexibility index (Phi) is 4.60. The third kappa shape index (κ3) is 3.19. The van der Waals surface area contributed by atoms with Crippen LogP contribution in [0.3, 0.4) is 0 Å². The predicted molar refractivity (Wildman–Crippen MR) is 86.5 cm³/mol. The number of nitrogens with zero attached hydrogens (tertiary/aromatic N) is 2. The van der Waals surface area contributed by atoms with Crippen molar-refractivity contribution < 1.29 is 4.79 Å². The molecule has 0 bridgehead atoms. The first kappa shape index (κ1) is 16.2. The molecule has 0 unspecified atom stereocenters. The number of amides is 1. The van der Waals surface area contributed by atoms with Crippen molar-refractivity contribution in [2.75, 3.05) is 6.54 Å². The fourth-order valence-electron chi connectivity index (χ4n) is 2.04. The summed E-state index contributed by atoms with van der Waals surface area (Å²) in [5, 5.41) is 0.848. The largest absolute Gasteiger partial charge is 0.402 e. The average molecular weight is 292 g/mol. The van der Waals surface area contributed by atoms with Crippen molar-refractivity contribution in [3.63, 3.8) is 0 Å². The fraction of sp³-hybridized carbons (Fsp3) is 0.429. The number of aliphatic imine (C=N–C) groups is 1. The second-order valence-electron chi connectivity index (χ2n) is 5.88. The molecule has 6 heteroatoms. The Morgan fingerprint density at radius 3 is 2.30 bits per heavy atom. The standard InChI is InChI=1S/C14H24N4OSi/c1-7-18-13(17-10(3)16)11(9(2)15)8-12(14(18)19)20(4,5)6/h8H,3,7,15-16H2,1-2,4-6H3/b11-9-,17-13+. The Morgan fingerprint density at radius 1 is 1.40 bits per heavy atom. The smallest absolute Gasteiger partial charge is 0.251 e. The van der Waals surface area contributed by atoms with Gasteiger partial charge in [0.1, 0.15) is 11.7 Å². The van der Waals surface area contributed by atoms with Gasteiger partial charge in [-0.25, -0.2) is 4.99 Å². The van der Waals surface area contributed by atoms with Gasteiger partial charge in [-0.1, -0.05) is 26.2 Å². The molecule has 1 amide bonds. The lowest BCUT2D eigenvalue weighted by atomic mass is 10.1. The minimum absolute atomic E-state index is 0.00309. The van der Waals surface area contributed by atoms with Crippen LogP contribution in [0.5, 0.6) is 0 Å². The van der Waals surface area contributed by atoms with Crippen LogP contribution in [0.4, 0.5) is 0 Å². The van der Waals surface area contributed by atoms with Crippen LogP contribution in [0, 0.1) is 0 Å². The zero-order valence-corrected chi connectivity index (χ0v) is 13.9. The Morgan fingerprint density at radius 2 is 1.95 bits per heavy atom. The molecule has 0 fully saturated rings. The van der Waals surface area contributed by atoms with Crippen molar-refractivity contribution in [1.29, 1.82) is 0 Å². The van der Waals surface area contributed by atoms with E-state index in [-0.39, 0.29) is 11.7 Å².